The zero-order valence-electron chi connectivity index (χ0n) is 10.6. The Kier molecular flexibility index (Phi) is 4.67. The van der Waals surface area contributed by atoms with Gasteiger partial charge in [-0.25, -0.2) is 0 Å². The Bertz CT molecular complexity index is 441. The van der Waals surface area contributed by atoms with Crippen molar-refractivity contribution < 1.29 is 9.90 Å². The third-order valence-electron chi connectivity index (χ3n) is 2.82. The average Bonchev–Trinajstić information content (AvgIpc) is 2.31. The highest BCUT2D eigenvalue weighted by Crippen LogP contribution is 2.15. The van der Waals surface area contributed by atoms with E-state index < -0.39 is 5.41 Å². The lowest BCUT2D eigenvalue weighted by Crippen LogP contribution is -2.45. The number of benzene rings is 1. The largest absolute Gasteiger partial charge is 0.508 e. The first-order valence-electron chi connectivity index (χ1n) is 5.70. The molecule has 0 aromatic heterocycles. The van der Waals surface area contributed by atoms with Gasteiger partial charge in [-0.2, -0.15) is 0 Å². The molecule has 0 fully saturated rings. The van der Waals surface area contributed by atoms with Gasteiger partial charge < -0.3 is 16.2 Å². The fourth-order valence-corrected chi connectivity index (χ4v) is 1.41. The van der Waals surface area contributed by atoms with Gasteiger partial charge in [0.05, 0.1) is 10.4 Å². The van der Waals surface area contributed by atoms with E-state index in [1.807, 2.05) is 12.1 Å². The van der Waals surface area contributed by atoms with Crippen molar-refractivity contribution in [2.75, 3.05) is 6.54 Å². The molecule has 0 saturated heterocycles. The van der Waals surface area contributed by atoms with E-state index in [9.17, 15) is 4.79 Å². The average molecular weight is 266 g/mol. The van der Waals surface area contributed by atoms with E-state index in [0.717, 1.165) is 5.56 Å². The smallest absolute Gasteiger partial charge is 0.232 e. The second-order valence-corrected chi connectivity index (χ2v) is 5.10. The molecule has 1 amide bonds. The van der Waals surface area contributed by atoms with E-state index in [1.165, 1.54) is 0 Å². The number of nitrogens with two attached hydrogens (primary N) is 1. The summed E-state index contributed by atoms with van der Waals surface area (Å²) in [6.45, 7) is 3.91. The molecule has 5 heteroatoms. The molecule has 0 unspecified atom stereocenters. The minimum atomic E-state index is -0.829. The van der Waals surface area contributed by atoms with Gasteiger partial charge in [0.25, 0.3) is 0 Å². The van der Waals surface area contributed by atoms with Crippen LogP contribution < -0.4 is 11.1 Å². The third-order valence-corrected chi connectivity index (χ3v) is 3.33. The van der Waals surface area contributed by atoms with Gasteiger partial charge in [0.2, 0.25) is 5.91 Å². The van der Waals surface area contributed by atoms with Gasteiger partial charge in [0.1, 0.15) is 5.75 Å². The van der Waals surface area contributed by atoms with Crippen LogP contribution in [0.4, 0.5) is 0 Å². The number of carbonyl (C=O) groups is 1. The van der Waals surface area contributed by atoms with Crippen LogP contribution in [0.15, 0.2) is 24.3 Å². The topological polar surface area (TPSA) is 75.3 Å². The van der Waals surface area contributed by atoms with Gasteiger partial charge in [-0.3, -0.25) is 4.79 Å². The third kappa shape index (κ3) is 3.70. The molecule has 0 atom stereocenters. The summed E-state index contributed by atoms with van der Waals surface area (Å²) in [7, 11) is 0. The van der Waals surface area contributed by atoms with Crippen molar-refractivity contribution in [3.63, 3.8) is 0 Å². The molecule has 0 heterocycles. The van der Waals surface area contributed by atoms with Crippen LogP contribution in [0.1, 0.15) is 19.4 Å². The van der Waals surface area contributed by atoms with Gasteiger partial charge in [-0.05, 0) is 38.0 Å². The Morgan fingerprint density at radius 1 is 1.39 bits per heavy atom. The van der Waals surface area contributed by atoms with E-state index in [4.69, 9.17) is 23.1 Å². The second kappa shape index (κ2) is 5.82. The van der Waals surface area contributed by atoms with Crippen molar-refractivity contribution in [3.05, 3.63) is 29.8 Å². The number of nitrogens with one attached hydrogen (secondary N) is 1. The Labute approximate surface area is 112 Å². The Balaban J connectivity index is 2.45. The van der Waals surface area contributed by atoms with Crippen LogP contribution in [0.3, 0.4) is 0 Å². The van der Waals surface area contributed by atoms with Crippen molar-refractivity contribution in [2.24, 2.45) is 11.1 Å². The van der Waals surface area contributed by atoms with Crippen LogP contribution in [-0.2, 0) is 11.2 Å². The molecular formula is C13H18N2O2S. The number of thiocarbonyl (C=S) groups is 1. The summed E-state index contributed by atoms with van der Waals surface area (Å²) in [5.74, 6) is 0.0613. The van der Waals surface area contributed by atoms with E-state index in [-0.39, 0.29) is 16.6 Å². The fraction of sp³-hybridized carbons (Fsp3) is 0.385. The highest BCUT2D eigenvalue weighted by atomic mass is 32.1. The van der Waals surface area contributed by atoms with Crippen molar-refractivity contribution in [2.45, 2.75) is 20.3 Å². The van der Waals surface area contributed by atoms with Crippen molar-refractivity contribution in [3.8, 4) is 5.75 Å². The molecule has 0 aliphatic carbocycles. The number of hydrogen-bond donors (Lipinski definition) is 3. The first-order chi connectivity index (χ1) is 8.34. The quantitative estimate of drug-likeness (QED) is 0.703. The molecule has 0 bridgehead atoms. The molecule has 0 saturated carbocycles. The minimum absolute atomic E-state index is 0.172. The molecule has 0 spiro atoms. The predicted octanol–water partition coefficient (Wildman–Crippen LogP) is 1.36. The second-order valence-electron chi connectivity index (χ2n) is 4.66. The SMILES string of the molecule is CC(C)(C(=O)NCCc1ccc(O)cc1)C(N)=S. The van der Waals surface area contributed by atoms with Crippen LogP contribution in [0.2, 0.25) is 0 Å². The van der Waals surface area contributed by atoms with E-state index >= 15 is 0 Å². The first-order valence-corrected chi connectivity index (χ1v) is 6.11. The molecule has 0 aliphatic heterocycles. The highest BCUT2D eigenvalue weighted by molar-refractivity contribution is 7.80. The highest BCUT2D eigenvalue weighted by Gasteiger charge is 2.30. The maximum absolute atomic E-state index is 11.8. The summed E-state index contributed by atoms with van der Waals surface area (Å²) in [4.78, 5) is 12.0. The van der Waals surface area contributed by atoms with Crippen molar-refractivity contribution in [1.29, 1.82) is 0 Å². The summed E-state index contributed by atoms with van der Waals surface area (Å²) in [5, 5.41) is 11.9. The fourth-order valence-electron chi connectivity index (χ4n) is 1.32. The number of aromatic hydroxyl groups is 1. The lowest BCUT2D eigenvalue weighted by molar-refractivity contribution is -0.126. The number of hydrogen-bond acceptors (Lipinski definition) is 3. The maximum atomic E-state index is 11.8. The summed E-state index contributed by atoms with van der Waals surface area (Å²) in [6.07, 6.45) is 0.694. The molecular weight excluding hydrogens is 248 g/mol. The van der Waals surface area contributed by atoms with Gasteiger partial charge in [-0.1, -0.05) is 24.4 Å². The van der Waals surface area contributed by atoms with Crippen molar-refractivity contribution in [1.82, 2.24) is 5.32 Å². The maximum Gasteiger partial charge on any atom is 0.232 e. The summed E-state index contributed by atoms with van der Waals surface area (Å²) in [6, 6.07) is 6.88. The normalized spacial score (nSPS) is 11.0. The van der Waals surface area contributed by atoms with E-state index in [0.29, 0.717) is 13.0 Å². The molecule has 1 aromatic carbocycles. The van der Waals surface area contributed by atoms with Crippen LogP contribution in [0.25, 0.3) is 0 Å². The number of carbonyl (C=O) groups excluding carboxylic acids is 1. The molecule has 1 aromatic rings. The first kappa shape index (κ1) is 14.4. The van der Waals surface area contributed by atoms with Gasteiger partial charge in [0, 0.05) is 6.54 Å². The Hall–Kier alpha value is -1.62. The number of phenols is 1. The zero-order chi connectivity index (χ0) is 13.8. The van der Waals surface area contributed by atoms with Crippen molar-refractivity contribution >= 4 is 23.1 Å². The Morgan fingerprint density at radius 2 is 1.94 bits per heavy atom. The molecule has 98 valence electrons. The zero-order valence-corrected chi connectivity index (χ0v) is 11.4. The molecule has 18 heavy (non-hydrogen) atoms. The van der Waals surface area contributed by atoms with Crippen LogP contribution in [-0.4, -0.2) is 22.5 Å². The molecule has 4 N–H and O–H groups in total. The summed E-state index contributed by atoms with van der Waals surface area (Å²) in [5.41, 5.74) is 5.73. The lowest BCUT2D eigenvalue weighted by Gasteiger charge is -2.21. The standard InChI is InChI=1S/C13H18N2O2S/c1-13(2,11(14)18)12(17)15-8-7-9-3-5-10(16)6-4-9/h3-6,16H,7-8H2,1-2H3,(H2,14,18)(H,15,17). The van der Waals surface area contributed by atoms with Crippen LogP contribution >= 0.6 is 12.2 Å². The van der Waals surface area contributed by atoms with E-state index in [1.54, 1.807) is 26.0 Å². The summed E-state index contributed by atoms with van der Waals surface area (Å²) >= 11 is 4.86. The van der Waals surface area contributed by atoms with Crippen LogP contribution in [0.5, 0.6) is 5.75 Å². The molecule has 4 nitrogen and oxygen atoms in total. The predicted molar refractivity (Wildman–Crippen MR) is 75.4 cm³/mol. The Morgan fingerprint density at radius 3 is 2.44 bits per heavy atom. The minimum Gasteiger partial charge on any atom is -0.508 e. The van der Waals surface area contributed by atoms with Gasteiger partial charge >= 0.3 is 0 Å². The van der Waals surface area contributed by atoms with Gasteiger partial charge in [-0.15, -0.1) is 0 Å². The van der Waals surface area contributed by atoms with Gasteiger partial charge in [0.15, 0.2) is 0 Å². The lowest BCUT2D eigenvalue weighted by atomic mass is 9.92. The number of phenolic OH excluding ortho intramolecular Hbond substituents is 1. The number of rotatable bonds is 5. The molecule has 0 radical (unpaired) electrons. The van der Waals surface area contributed by atoms with E-state index in [2.05, 4.69) is 5.32 Å². The van der Waals surface area contributed by atoms with Crippen LogP contribution in [0, 0.1) is 5.41 Å². The summed E-state index contributed by atoms with van der Waals surface area (Å²) < 4.78 is 0. The monoisotopic (exact) mass is 266 g/mol. The molecule has 0 aliphatic rings. The molecule has 1 rings (SSSR count). The number of amides is 1.